The Labute approximate surface area is 129 Å². The minimum Gasteiger partial charge on any atom is -0.463 e. The van der Waals surface area contributed by atoms with Crippen LogP contribution < -0.4 is 5.32 Å². The molecule has 2 aromatic rings. The molecule has 3 aliphatic heterocycles. The molecule has 0 spiro atoms. The second-order valence-corrected chi connectivity index (χ2v) is 6.93. The number of nitrogens with zero attached hydrogens (tertiary/aromatic N) is 2. The average molecular weight is 299 g/mol. The Bertz CT molecular complexity index is 714. The molecule has 0 aromatic carbocycles. The Balaban J connectivity index is 1.58. The van der Waals surface area contributed by atoms with Crippen LogP contribution in [0.5, 0.6) is 0 Å². The zero-order chi connectivity index (χ0) is 15.3. The number of aromatic nitrogens is 1. The zero-order valence-electron chi connectivity index (χ0n) is 13.0. The Kier molecular flexibility index (Phi) is 3.01. The number of furan rings is 1. The second kappa shape index (κ2) is 4.81. The lowest BCUT2D eigenvalue weighted by atomic mass is 9.72. The summed E-state index contributed by atoms with van der Waals surface area (Å²) in [4.78, 5) is 19.5. The predicted molar refractivity (Wildman–Crippen MR) is 83.6 cm³/mol. The molecule has 5 heteroatoms. The van der Waals surface area contributed by atoms with Crippen LogP contribution >= 0.6 is 0 Å². The summed E-state index contributed by atoms with van der Waals surface area (Å²) < 4.78 is 5.28. The maximum atomic E-state index is 12.6. The molecule has 0 saturated carbocycles. The first-order valence-electron chi connectivity index (χ1n) is 7.96. The van der Waals surface area contributed by atoms with E-state index in [4.69, 9.17) is 4.42 Å². The molecule has 1 N–H and O–H groups in total. The van der Waals surface area contributed by atoms with E-state index in [-0.39, 0.29) is 17.5 Å². The van der Waals surface area contributed by atoms with Crippen LogP contribution in [0.2, 0.25) is 0 Å². The van der Waals surface area contributed by atoms with Gasteiger partial charge in [-0.05, 0) is 57.8 Å². The molecule has 1 atom stereocenters. The van der Waals surface area contributed by atoms with Crippen molar-refractivity contribution in [1.29, 1.82) is 0 Å². The molecule has 3 aliphatic rings. The molecule has 5 nitrogen and oxygen atoms in total. The van der Waals surface area contributed by atoms with Crippen molar-refractivity contribution >= 4 is 17.0 Å². The topological polar surface area (TPSA) is 58.4 Å². The first kappa shape index (κ1) is 13.8. The maximum absolute atomic E-state index is 12.6. The van der Waals surface area contributed by atoms with E-state index < -0.39 is 0 Å². The number of amides is 1. The molecule has 3 fully saturated rings. The van der Waals surface area contributed by atoms with Crippen molar-refractivity contribution in [2.75, 3.05) is 13.1 Å². The van der Waals surface area contributed by atoms with Crippen molar-refractivity contribution in [2.24, 2.45) is 5.92 Å². The van der Waals surface area contributed by atoms with Gasteiger partial charge < -0.3 is 9.73 Å². The molecule has 2 bridgehead atoms. The lowest BCUT2D eigenvalue weighted by Crippen LogP contribution is -2.69. The van der Waals surface area contributed by atoms with Crippen LogP contribution in [0.3, 0.4) is 0 Å². The van der Waals surface area contributed by atoms with Gasteiger partial charge in [-0.3, -0.25) is 9.69 Å². The average Bonchev–Trinajstić information content (AvgIpc) is 2.98. The molecular weight excluding hydrogens is 278 g/mol. The number of fused-ring (bicyclic) bond motifs is 4. The minimum absolute atomic E-state index is 0.0105. The molecule has 2 aromatic heterocycles. The number of hydrogen-bond donors (Lipinski definition) is 1. The van der Waals surface area contributed by atoms with E-state index in [1.54, 1.807) is 24.5 Å². The van der Waals surface area contributed by atoms with Crippen LogP contribution in [0.15, 0.2) is 28.9 Å². The molecule has 5 rings (SSSR count). The van der Waals surface area contributed by atoms with Crippen molar-refractivity contribution in [3.05, 3.63) is 30.2 Å². The summed E-state index contributed by atoms with van der Waals surface area (Å²) in [5.41, 5.74) is 1.90. The molecule has 3 saturated heterocycles. The predicted octanol–water partition coefficient (Wildman–Crippen LogP) is 2.43. The Morgan fingerprint density at radius 3 is 2.82 bits per heavy atom. The minimum atomic E-state index is -0.0880. The van der Waals surface area contributed by atoms with Crippen LogP contribution in [-0.2, 0) is 0 Å². The second-order valence-electron chi connectivity index (χ2n) is 6.93. The highest BCUT2D eigenvalue weighted by atomic mass is 16.3. The van der Waals surface area contributed by atoms with Gasteiger partial charge in [0.15, 0.2) is 5.58 Å². The number of hydrogen-bond acceptors (Lipinski definition) is 4. The van der Waals surface area contributed by atoms with Crippen molar-refractivity contribution < 1.29 is 9.21 Å². The van der Waals surface area contributed by atoms with Gasteiger partial charge in [-0.15, -0.1) is 0 Å². The van der Waals surface area contributed by atoms with Gasteiger partial charge in [0.1, 0.15) is 11.2 Å². The first-order chi connectivity index (χ1) is 10.6. The third-order valence-corrected chi connectivity index (χ3v) is 5.41. The largest absolute Gasteiger partial charge is 0.463 e. The fourth-order valence-electron chi connectivity index (χ4n) is 4.07. The summed E-state index contributed by atoms with van der Waals surface area (Å²) in [5, 5.41) is 3.24. The van der Waals surface area contributed by atoms with E-state index in [0.717, 1.165) is 18.6 Å². The van der Waals surface area contributed by atoms with Gasteiger partial charge in [0.05, 0.1) is 6.26 Å². The molecule has 116 valence electrons. The van der Waals surface area contributed by atoms with Crippen LogP contribution in [0, 0.1) is 5.92 Å². The van der Waals surface area contributed by atoms with Gasteiger partial charge in [-0.2, -0.15) is 0 Å². The lowest BCUT2D eigenvalue weighted by molar-refractivity contribution is -0.0378. The number of pyridine rings is 1. The third kappa shape index (κ3) is 2.03. The van der Waals surface area contributed by atoms with E-state index in [1.165, 1.54) is 12.8 Å². The summed E-state index contributed by atoms with van der Waals surface area (Å²) in [6.07, 6.45) is 3.93. The van der Waals surface area contributed by atoms with Gasteiger partial charge in [-0.1, -0.05) is 0 Å². The molecule has 0 unspecified atom stereocenters. The molecule has 22 heavy (non-hydrogen) atoms. The van der Waals surface area contributed by atoms with Crippen molar-refractivity contribution in [1.82, 2.24) is 15.2 Å². The summed E-state index contributed by atoms with van der Waals surface area (Å²) in [6.45, 7) is 6.75. The van der Waals surface area contributed by atoms with Gasteiger partial charge >= 0.3 is 0 Å². The van der Waals surface area contributed by atoms with E-state index in [2.05, 4.69) is 29.0 Å². The Hall–Kier alpha value is -1.88. The molecule has 1 amide bonds. The Morgan fingerprint density at radius 2 is 2.09 bits per heavy atom. The van der Waals surface area contributed by atoms with E-state index in [0.29, 0.717) is 17.2 Å². The highest BCUT2D eigenvalue weighted by Crippen LogP contribution is 2.39. The van der Waals surface area contributed by atoms with Crippen LogP contribution in [-0.4, -0.2) is 40.5 Å². The van der Waals surface area contributed by atoms with E-state index in [9.17, 15) is 4.79 Å². The number of carbonyl (C=O) groups is 1. The highest BCUT2D eigenvalue weighted by molar-refractivity contribution is 5.94. The lowest BCUT2D eigenvalue weighted by Gasteiger charge is -2.56. The van der Waals surface area contributed by atoms with E-state index in [1.807, 2.05) is 0 Å². The van der Waals surface area contributed by atoms with Gasteiger partial charge in [0, 0.05) is 17.6 Å². The molecule has 0 aliphatic carbocycles. The maximum Gasteiger partial charge on any atom is 0.270 e. The van der Waals surface area contributed by atoms with Gasteiger partial charge in [0.2, 0.25) is 0 Å². The molecule has 0 radical (unpaired) electrons. The number of nitrogens with one attached hydrogen (secondary N) is 1. The standard InChI is InChI=1S/C17H21N3O2/c1-17(2)15(11-5-8-20(17)9-6-11)19-16(21)13-3-4-14-12(18-13)7-10-22-14/h3-4,7,10-11,15H,5-6,8-9H2,1-2H3,(H,19,21)/t15-/m0/s1. The number of piperidine rings is 3. The molecule has 5 heterocycles. The quantitative estimate of drug-likeness (QED) is 0.925. The number of rotatable bonds is 2. The van der Waals surface area contributed by atoms with Crippen LogP contribution in [0.4, 0.5) is 0 Å². The van der Waals surface area contributed by atoms with Crippen molar-refractivity contribution in [3.8, 4) is 0 Å². The highest BCUT2D eigenvalue weighted by Gasteiger charge is 2.48. The summed E-state index contributed by atoms with van der Waals surface area (Å²) in [5.74, 6) is 0.483. The van der Waals surface area contributed by atoms with Crippen molar-refractivity contribution in [3.63, 3.8) is 0 Å². The summed E-state index contributed by atoms with van der Waals surface area (Å²) in [6, 6.07) is 5.50. The third-order valence-electron chi connectivity index (χ3n) is 5.41. The van der Waals surface area contributed by atoms with Crippen LogP contribution in [0.1, 0.15) is 37.2 Å². The Morgan fingerprint density at radius 1 is 1.32 bits per heavy atom. The fourth-order valence-corrected chi connectivity index (χ4v) is 4.07. The smallest absolute Gasteiger partial charge is 0.270 e. The SMILES string of the molecule is CC1(C)[C@@H](NC(=O)c2ccc3occc3n2)C2CCN1CC2. The van der Waals surface area contributed by atoms with Crippen molar-refractivity contribution in [2.45, 2.75) is 38.3 Å². The monoisotopic (exact) mass is 299 g/mol. The summed E-state index contributed by atoms with van der Waals surface area (Å²) in [7, 11) is 0. The fraction of sp³-hybridized carbons (Fsp3) is 0.529. The normalized spacial score (nSPS) is 29.6. The van der Waals surface area contributed by atoms with Gasteiger partial charge in [0.25, 0.3) is 5.91 Å². The summed E-state index contributed by atoms with van der Waals surface area (Å²) >= 11 is 0. The number of carbonyl (C=O) groups excluding carboxylic acids is 1. The first-order valence-corrected chi connectivity index (χ1v) is 7.96. The zero-order valence-corrected chi connectivity index (χ0v) is 13.0. The van der Waals surface area contributed by atoms with Crippen LogP contribution in [0.25, 0.3) is 11.1 Å². The van der Waals surface area contributed by atoms with Gasteiger partial charge in [-0.25, -0.2) is 4.98 Å². The molecular formula is C17H21N3O2. The van der Waals surface area contributed by atoms with E-state index >= 15 is 0 Å².